The zero-order valence-electron chi connectivity index (χ0n) is 52.0. The van der Waals surface area contributed by atoms with Gasteiger partial charge >= 0.3 is 19.8 Å². The van der Waals surface area contributed by atoms with Crippen molar-refractivity contribution < 1.29 is 37.6 Å². The first-order valence-electron chi connectivity index (χ1n) is 33.0. The third kappa shape index (κ3) is 65.4. The van der Waals surface area contributed by atoms with Gasteiger partial charge in [0.1, 0.15) is 6.61 Å². The van der Waals surface area contributed by atoms with E-state index in [1.54, 1.807) is 0 Å². The zero-order valence-corrected chi connectivity index (χ0v) is 52.9. The van der Waals surface area contributed by atoms with Crippen LogP contribution in [0.3, 0.4) is 0 Å². The van der Waals surface area contributed by atoms with Crippen LogP contribution in [-0.2, 0) is 32.7 Å². The van der Waals surface area contributed by atoms with Gasteiger partial charge in [-0.3, -0.25) is 18.6 Å². The zero-order chi connectivity index (χ0) is 58.7. The lowest BCUT2D eigenvalue weighted by atomic mass is 10.0. The summed E-state index contributed by atoms with van der Waals surface area (Å²) in [6.45, 7) is 3.62. The maximum absolute atomic E-state index is 12.7. The van der Waals surface area contributed by atoms with Crippen LogP contribution in [0.4, 0.5) is 0 Å². The Kier molecular flexibility index (Phi) is 62.7. The Morgan fingerprint density at radius 2 is 0.679 bits per heavy atom. The average molecular weight is 1150 g/mol. The second-order valence-corrected chi connectivity index (χ2v) is 23.1. The summed E-state index contributed by atoms with van der Waals surface area (Å²) in [4.78, 5) is 35.3. The molecule has 0 saturated carbocycles. The number of hydrogen-bond donors (Lipinski definition) is 2. The van der Waals surface area contributed by atoms with E-state index in [1.165, 1.54) is 148 Å². The summed E-state index contributed by atoms with van der Waals surface area (Å²) in [6.07, 6.45) is 91.2. The first-order chi connectivity index (χ1) is 39.8. The van der Waals surface area contributed by atoms with Crippen LogP contribution < -0.4 is 5.73 Å². The molecule has 2 atom stereocenters. The Morgan fingerprint density at radius 1 is 0.383 bits per heavy atom. The van der Waals surface area contributed by atoms with E-state index < -0.39 is 26.5 Å². The van der Waals surface area contributed by atoms with Crippen molar-refractivity contribution in [2.45, 2.75) is 290 Å². The van der Waals surface area contributed by atoms with Crippen LogP contribution >= 0.6 is 7.82 Å². The Labute approximate surface area is 498 Å². The number of carbonyl (C=O) groups excluding carboxylic acids is 2. The Balaban J connectivity index is 3.97. The molecule has 9 nitrogen and oxygen atoms in total. The van der Waals surface area contributed by atoms with Gasteiger partial charge in [0.2, 0.25) is 0 Å². The lowest BCUT2D eigenvalue weighted by Gasteiger charge is -2.19. The monoisotopic (exact) mass is 1150 g/mol. The minimum absolute atomic E-state index is 0.0469. The maximum atomic E-state index is 12.7. The van der Waals surface area contributed by atoms with E-state index in [0.717, 1.165) is 103 Å². The SMILES string of the molecule is CC/C=C\C/C=C\C/C=C\C/C=C\C/C=C\C/C=C\C/C=C\C/C=C\CCCCCCCCCCC(=O)OC(COC(=O)CCCCCCCCCCCCCCCCC/C=C\C/C=C\CCCCCCC)COP(=O)(O)OCCN. The van der Waals surface area contributed by atoms with Gasteiger partial charge in [-0.25, -0.2) is 4.57 Å². The number of rotatable bonds is 61. The fourth-order valence-corrected chi connectivity index (χ4v) is 9.74. The fraction of sp³-hybridized carbons (Fsp3) is 0.690. The number of unbranched alkanes of at least 4 members (excludes halogenated alkanes) is 28. The molecule has 0 heterocycles. The Hall–Kier alpha value is -3.59. The number of phosphoric acid groups is 1. The lowest BCUT2D eigenvalue weighted by Crippen LogP contribution is -2.29. The fourth-order valence-electron chi connectivity index (χ4n) is 8.98. The summed E-state index contributed by atoms with van der Waals surface area (Å²) in [6, 6.07) is 0. The van der Waals surface area contributed by atoms with Gasteiger partial charge in [-0.05, 0) is 109 Å². The molecule has 0 aliphatic rings. The highest BCUT2D eigenvalue weighted by Gasteiger charge is 2.26. The van der Waals surface area contributed by atoms with Crippen LogP contribution in [0.5, 0.6) is 0 Å². The van der Waals surface area contributed by atoms with E-state index in [2.05, 4.69) is 135 Å². The molecule has 0 aliphatic heterocycles. The molecule has 0 radical (unpaired) electrons. The highest BCUT2D eigenvalue weighted by Crippen LogP contribution is 2.43. The number of ether oxygens (including phenoxy) is 2. The minimum Gasteiger partial charge on any atom is -0.462 e. The molecule has 0 aromatic carbocycles. The van der Waals surface area contributed by atoms with Crippen LogP contribution in [0.2, 0.25) is 0 Å². The lowest BCUT2D eigenvalue weighted by molar-refractivity contribution is -0.161. The average Bonchev–Trinajstić information content (AvgIpc) is 3.46. The summed E-state index contributed by atoms with van der Waals surface area (Å²) >= 11 is 0. The molecule has 0 aliphatic carbocycles. The van der Waals surface area contributed by atoms with Gasteiger partial charge < -0.3 is 20.1 Å². The van der Waals surface area contributed by atoms with Crippen molar-refractivity contribution in [3.05, 3.63) is 122 Å². The molecule has 0 bridgehead atoms. The molecule has 0 aromatic heterocycles. The van der Waals surface area contributed by atoms with Crippen molar-refractivity contribution in [2.75, 3.05) is 26.4 Å². The summed E-state index contributed by atoms with van der Waals surface area (Å²) in [5.74, 6) is -0.837. The van der Waals surface area contributed by atoms with Gasteiger partial charge in [0, 0.05) is 19.4 Å². The third-order valence-corrected chi connectivity index (χ3v) is 14.8. The van der Waals surface area contributed by atoms with Crippen molar-refractivity contribution in [1.82, 2.24) is 0 Å². The molecular weight excluding hydrogens is 1030 g/mol. The normalized spacial score (nSPS) is 13.8. The summed E-state index contributed by atoms with van der Waals surface area (Å²) < 4.78 is 33.1. The largest absolute Gasteiger partial charge is 0.472 e. The summed E-state index contributed by atoms with van der Waals surface area (Å²) in [5, 5.41) is 0. The van der Waals surface area contributed by atoms with Crippen LogP contribution in [0.1, 0.15) is 284 Å². The maximum Gasteiger partial charge on any atom is 0.472 e. The van der Waals surface area contributed by atoms with E-state index in [0.29, 0.717) is 6.42 Å². The van der Waals surface area contributed by atoms with E-state index in [1.807, 2.05) is 0 Å². The molecule has 0 spiro atoms. The van der Waals surface area contributed by atoms with Gasteiger partial charge in [-0.1, -0.05) is 283 Å². The van der Waals surface area contributed by atoms with Crippen LogP contribution in [0, 0.1) is 0 Å². The molecule has 10 heteroatoms. The van der Waals surface area contributed by atoms with Crippen LogP contribution in [0.15, 0.2) is 122 Å². The van der Waals surface area contributed by atoms with Gasteiger partial charge in [-0.15, -0.1) is 0 Å². The molecule has 0 aromatic rings. The van der Waals surface area contributed by atoms with Crippen molar-refractivity contribution >= 4 is 19.8 Å². The van der Waals surface area contributed by atoms with Crippen molar-refractivity contribution in [2.24, 2.45) is 5.73 Å². The van der Waals surface area contributed by atoms with Crippen molar-refractivity contribution in [1.29, 1.82) is 0 Å². The van der Waals surface area contributed by atoms with E-state index >= 15 is 0 Å². The van der Waals surface area contributed by atoms with Gasteiger partial charge in [0.15, 0.2) is 6.10 Å². The first-order valence-corrected chi connectivity index (χ1v) is 34.5. The molecule has 464 valence electrons. The third-order valence-electron chi connectivity index (χ3n) is 13.8. The van der Waals surface area contributed by atoms with Gasteiger partial charge in [-0.2, -0.15) is 0 Å². The van der Waals surface area contributed by atoms with E-state index in [4.69, 9.17) is 24.3 Å². The second-order valence-electron chi connectivity index (χ2n) is 21.6. The predicted octanol–water partition coefficient (Wildman–Crippen LogP) is 21.5. The van der Waals surface area contributed by atoms with Crippen molar-refractivity contribution in [3.63, 3.8) is 0 Å². The molecule has 0 rings (SSSR count). The molecule has 0 fully saturated rings. The van der Waals surface area contributed by atoms with Gasteiger partial charge in [0.05, 0.1) is 13.2 Å². The summed E-state index contributed by atoms with van der Waals surface area (Å²) in [7, 11) is -4.40. The second kappa shape index (κ2) is 65.6. The van der Waals surface area contributed by atoms with E-state index in [9.17, 15) is 19.0 Å². The Morgan fingerprint density at radius 3 is 1.01 bits per heavy atom. The first kappa shape index (κ1) is 77.4. The highest BCUT2D eigenvalue weighted by atomic mass is 31.2. The summed E-state index contributed by atoms with van der Waals surface area (Å²) in [5.41, 5.74) is 5.40. The molecule has 0 amide bonds. The topological polar surface area (TPSA) is 134 Å². The molecule has 3 N–H and O–H groups in total. The number of carbonyl (C=O) groups is 2. The number of esters is 2. The molecule has 0 saturated heterocycles. The molecular formula is C71H122NO8P. The van der Waals surface area contributed by atoms with E-state index in [-0.39, 0.29) is 38.6 Å². The standard InChI is InChI=1S/C71H122NO8P/c1-3-5-7-9-11-13-15-17-19-21-23-25-27-29-31-32-33-34-35-36-38-40-42-44-46-48-50-52-54-56-58-60-62-64-71(74)80-69(68-79-81(75,76)78-66-65-72)67-77-70(73)63-61-59-57-55-53-51-49-47-45-43-41-39-37-30-28-26-24-22-20-18-16-14-12-10-8-6-4-2/h5,7,11,13,16-19,22-25,29,31,33-34,36,38,42,44,69H,3-4,6,8-10,12,14-15,20-21,26-28,30,32,35,37,39-41,43,45-68,72H2,1-2H3,(H,75,76)/b7-5-,13-11-,18-16-,19-17-,24-22-,25-23-,31-29-,34-33-,38-36-,44-42-. The van der Waals surface area contributed by atoms with Crippen LogP contribution in [-0.4, -0.2) is 49.3 Å². The molecule has 2 unspecified atom stereocenters. The number of phosphoric ester groups is 1. The smallest absolute Gasteiger partial charge is 0.462 e. The molecule has 81 heavy (non-hydrogen) atoms. The minimum atomic E-state index is -4.40. The van der Waals surface area contributed by atoms with Gasteiger partial charge in [0.25, 0.3) is 0 Å². The number of allylic oxidation sites excluding steroid dienone is 20. The quantitative estimate of drug-likeness (QED) is 0.0264. The van der Waals surface area contributed by atoms with Crippen molar-refractivity contribution in [3.8, 4) is 0 Å². The number of hydrogen-bond acceptors (Lipinski definition) is 8. The predicted molar refractivity (Wildman–Crippen MR) is 348 cm³/mol. The highest BCUT2D eigenvalue weighted by molar-refractivity contribution is 7.47. The van der Waals surface area contributed by atoms with Crippen LogP contribution in [0.25, 0.3) is 0 Å². The Bertz CT molecular complexity index is 1740. The number of nitrogens with two attached hydrogens (primary N) is 1.